The second-order valence-electron chi connectivity index (χ2n) is 5.91. The van der Waals surface area contributed by atoms with Crippen molar-refractivity contribution >= 4 is 11.8 Å². The van der Waals surface area contributed by atoms with E-state index in [9.17, 15) is 9.59 Å². The second kappa shape index (κ2) is 5.76. The Bertz CT molecular complexity index is 574. The maximum atomic E-state index is 12.1. The lowest BCUT2D eigenvalue weighted by atomic mass is 9.97. The molecule has 5 heteroatoms. The summed E-state index contributed by atoms with van der Waals surface area (Å²) in [6.45, 7) is 8.68. The number of fused-ring (bicyclic) bond motifs is 1. The Morgan fingerprint density at radius 2 is 1.76 bits per heavy atom. The number of ketones is 1. The van der Waals surface area contributed by atoms with Crippen LogP contribution < -0.4 is 9.47 Å². The molecule has 114 valence electrons. The third-order valence-corrected chi connectivity index (χ3v) is 3.23. The summed E-state index contributed by atoms with van der Waals surface area (Å²) < 4.78 is 16.2. The first kappa shape index (κ1) is 15.4. The first-order valence-electron chi connectivity index (χ1n) is 6.96. The lowest BCUT2D eigenvalue weighted by molar-refractivity contribution is -0.137. The van der Waals surface area contributed by atoms with Gasteiger partial charge in [-0.15, -0.1) is 0 Å². The van der Waals surface area contributed by atoms with E-state index in [2.05, 4.69) is 0 Å². The number of rotatable bonds is 3. The smallest absolute Gasteiger partial charge is 0.379 e. The fourth-order valence-electron chi connectivity index (χ4n) is 2.03. The largest absolute Gasteiger partial charge is 0.489 e. The number of esters is 1. The van der Waals surface area contributed by atoms with Crippen LogP contribution in [0.25, 0.3) is 0 Å². The van der Waals surface area contributed by atoms with Gasteiger partial charge in [-0.3, -0.25) is 4.79 Å². The van der Waals surface area contributed by atoms with Crippen LogP contribution >= 0.6 is 0 Å². The molecule has 0 aliphatic carbocycles. The van der Waals surface area contributed by atoms with Crippen molar-refractivity contribution in [3.05, 3.63) is 23.3 Å². The minimum Gasteiger partial charge on any atom is -0.489 e. The Hall–Kier alpha value is -2.04. The summed E-state index contributed by atoms with van der Waals surface area (Å²) in [6.07, 6.45) is 0. The number of Topliss-reactive ketones (excluding diaryl/α,β-unsaturated/α-hetero) is 1. The molecule has 0 saturated heterocycles. The minimum atomic E-state index is -0.851. The maximum absolute atomic E-state index is 12.1. The lowest BCUT2D eigenvalue weighted by Crippen LogP contribution is -2.26. The van der Waals surface area contributed by atoms with E-state index in [1.54, 1.807) is 26.0 Å². The van der Waals surface area contributed by atoms with Gasteiger partial charge in [0.25, 0.3) is 5.78 Å². The van der Waals surface area contributed by atoms with Crippen molar-refractivity contribution in [1.29, 1.82) is 0 Å². The number of aryl methyl sites for hydroxylation is 1. The average molecular weight is 292 g/mol. The Labute approximate surface area is 124 Å². The summed E-state index contributed by atoms with van der Waals surface area (Å²) in [7, 11) is 0. The van der Waals surface area contributed by atoms with E-state index in [-0.39, 0.29) is 17.6 Å². The highest BCUT2D eigenvalue weighted by molar-refractivity contribution is 6.41. The van der Waals surface area contributed by atoms with Crippen LogP contribution in [0.2, 0.25) is 0 Å². The second-order valence-corrected chi connectivity index (χ2v) is 5.91. The molecule has 0 saturated carbocycles. The summed E-state index contributed by atoms with van der Waals surface area (Å²) in [6, 6.07) is 3.29. The number of carbonyl (C=O) groups excluding carboxylic acids is 2. The fourth-order valence-corrected chi connectivity index (χ4v) is 2.03. The average Bonchev–Trinajstić information content (AvgIpc) is 2.57. The van der Waals surface area contributed by atoms with Crippen LogP contribution in [0.3, 0.4) is 0 Å². The molecule has 1 heterocycles. The number of ether oxygens (including phenoxy) is 3. The Morgan fingerprint density at radius 1 is 1.19 bits per heavy atom. The molecule has 21 heavy (non-hydrogen) atoms. The van der Waals surface area contributed by atoms with Crippen LogP contribution in [0.5, 0.6) is 11.5 Å². The van der Waals surface area contributed by atoms with Gasteiger partial charge in [-0.25, -0.2) is 4.79 Å². The molecule has 0 atom stereocenters. The molecule has 5 nitrogen and oxygen atoms in total. The quantitative estimate of drug-likeness (QED) is 0.487. The molecule has 0 radical (unpaired) electrons. The van der Waals surface area contributed by atoms with E-state index in [1.807, 2.05) is 13.8 Å². The number of benzene rings is 1. The van der Waals surface area contributed by atoms with Gasteiger partial charge in [0.2, 0.25) is 0 Å². The molecule has 1 aromatic carbocycles. The first-order valence-corrected chi connectivity index (χ1v) is 6.96. The zero-order valence-electron chi connectivity index (χ0n) is 12.8. The van der Waals surface area contributed by atoms with Gasteiger partial charge in [0, 0.05) is 11.0 Å². The van der Waals surface area contributed by atoms with Gasteiger partial charge >= 0.3 is 5.97 Å². The van der Waals surface area contributed by atoms with Gasteiger partial charge in [0.05, 0.1) is 19.8 Å². The summed E-state index contributed by atoms with van der Waals surface area (Å²) in [4.78, 5) is 23.7. The van der Waals surface area contributed by atoms with Crippen LogP contribution in [-0.2, 0) is 9.53 Å². The lowest BCUT2D eigenvalue weighted by Gasteiger charge is -2.19. The van der Waals surface area contributed by atoms with E-state index < -0.39 is 11.8 Å². The minimum absolute atomic E-state index is 0.113. The Balaban J connectivity index is 2.33. The summed E-state index contributed by atoms with van der Waals surface area (Å²) >= 11 is 0. The maximum Gasteiger partial charge on any atom is 0.379 e. The Kier molecular flexibility index (Phi) is 4.21. The number of carbonyl (C=O) groups is 2. The topological polar surface area (TPSA) is 61.8 Å². The van der Waals surface area contributed by atoms with Crippen LogP contribution in [0.4, 0.5) is 0 Å². The van der Waals surface area contributed by atoms with Gasteiger partial charge in [0.15, 0.2) is 11.5 Å². The van der Waals surface area contributed by atoms with E-state index >= 15 is 0 Å². The van der Waals surface area contributed by atoms with Gasteiger partial charge < -0.3 is 14.2 Å². The molecule has 1 aromatic rings. The molecular weight excluding hydrogens is 272 g/mol. The molecule has 2 rings (SSSR count). The van der Waals surface area contributed by atoms with Crippen LogP contribution in [-0.4, -0.2) is 31.6 Å². The normalized spacial score (nSPS) is 16.0. The number of hydrogen-bond acceptors (Lipinski definition) is 5. The highest BCUT2D eigenvalue weighted by Gasteiger charge is 2.28. The molecule has 0 unspecified atom stereocenters. The molecule has 0 spiro atoms. The standard InChI is InChI=1S/C16H20O5/c1-5-19-15(18)14(17)11-7-13-12(6-10(11)2)20-8-16(3,4)9-21-13/h6-7H,5,8-9H2,1-4H3. The molecule has 0 amide bonds. The zero-order valence-corrected chi connectivity index (χ0v) is 12.8. The van der Waals surface area contributed by atoms with E-state index in [4.69, 9.17) is 14.2 Å². The molecule has 0 bridgehead atoms. The molecule has 1 aliphatic rings. The van der Waals surface area contributed by atoms with E-state index in [0.29, 0.717) is 30.3 Å². The van der Waals surface area contributed by atoms with Crippen molar-refractivity contribution in [2.45, 2.75) is 27.7 Å². The van der Waals surface area contributed by atoms with Crippen molar-refractivity contribution in [2.24, 2.45) is 5.41 Å². The van der Waals surface area contributed by atoms with Gasteiger partial charge in [0.1, 0.15) is 0 Å². The summed E-state index contributed by atoms with van der Waals surface area (Å²) in [5.41, 5.74) is 0.837. The fraction of sp³-hybridized carbons (Fsp3) is 0.500. The molecular formula is C16H20O5. The molecule has 0 aromatic heterocycles. The van der Waals surface area contributed by atoms with Gasteiger partial charge in [-0.05, 0) is 31.5 Å². The van der Waals surface area contributed by atoms with Crippen LogP contribution in [0.15, 0.2) is 12.1 Å². The van der Waals surface area contributed by atoms with Gasteiger partial charge in [-0.2, -0.15) is 0 Å². The third-order valence-electron chi connectivity index (χ3n) is 3.23. The monoisotopic (exact) mass is 292 g/mol. The van der Waals surface area contributed by atoms with E-state index in [0.717, 1.165) is 0 Å². The predicted molar refractivity (Wildman–Crippen MR) is 76.9 cm³/mol. The number of hydrogen-bond donors (Lipinski definition) is 0. The van der Waals surface area contributed by atoms with Crippen molar-refractivity contribution in [1.82, 2.24) is 0 Å². The summed E-state index contributed by atoms with van der Waals surface area (Å²) in [5.74, 6) is -0.433. The van der Waals surface area contributed by atoms with Gasteiger partial charge in [-0.1, -0.05) is 13.8 Å². The zero-order chi connectivity index (χ0) is 15.6. The van der Waals surface area contributed by atoms with Crippen molar-refractivity contribution in [3.63, 3.8) is 0 Å². The molecule has 1 aliphatic heterocycles. The van der Waals surface area contributed by atoms with E-state index in [1.165, 1.54) is 0 Å². The Morgan fingerprint density at radius 3 is 2.33 bits per heavy atom. The first-order chi connectivity index (χ1) is 9.84. The van der Waals surface area contributed by atoms with Crippen molar-refractivity contribution in [2.75, 3.05) is 19.8 Å². The SMILES string of the molecule is CCOC(=O)C(=O)c1cc2c(cc1C)OCC(C)(C)CO2. The highest BCUT2D eigenvalue weighted by atomic mass is 16.5. The predicted octanol–water partition coefficient (Wildman–Crippen LogP) is 2.54. The molecule has 0 fully saturated rings. The van der Waals surface area contributed by atoms with Crippen molar-refractivity contribution in [3.8, 4) is 11.5 Å². The summed E-state index contributed by atoms with van der Waals surface area (Å²) in [5, 5.41) is 0. The van der Waals surface area contributed by atoms with Crippen molar-refractivity contribution < 1.29 is 23.8 Å². The molecule has 0 N–H and O–H groups in total. The van der Waals surface area contributed by atoms with Crippen LogP contribution in [0, 0.1) is 12.3 Å². The van der Waals surface area contributed by atoms with Crippen LogP contribution in [0.1, 0.15) is 36.7 Å². The third kappa shape index (κ3) is 3.35. The highest BCUT2D eigenvalue weighted by Crippen LogP contribution is 2.36.